The Kier molecular flexibility index (Phi) is 3.79. The third-order valence-electron chi connectivity index (χ3n) is 1.47. The molecule has 0 saturated heterocycles. The molecule has 0 bridgehead atoms. The van der Waals surface area contributed by atoms with Gasteiger partial charge in [-0.3, -0.25) is 4.79 Å². The van der Waals surface area contributed by atoms with E-state index < -0.39 is 11.1 Å². The van der Waals surface area contributed by atoms with Gasteiger partial charge in [0.1, 0.15) is 0 Å². The maximum Gasteiger partial charge on any atom is 0.241 e. The first kappa shape index (κ1) is 10.9. The summed E-state index contributed by atoms with van der Waals surface area (Å²) in [6.07, 6.45) is 0. The number of carbonyl (C=O) groups excluding carboxylic acids is 1. The summed E-state index contributed by atoms with van der Waals surface area (Å²) >= 11 is -1.64. The van der Waals surface area contributed by atoms with Crippen LogP contribution in [-0.2, 0) is 20.2 Å². The zero-order chi connectivity index (χ0) is 10.6. The third kappa shape index (κ3) is 3.27. The van der Waals surface area contributed by atoms with Crippen LogP contribution in [0.1, 0.15) is 12.5 Å². The fraction of sp³-hybridized carbons (Fsp3) is 0.222. The Labute approximate surface area is 84.9 Å². The number of carbonyl (C=O) groups is 1. The van der Waals surface area contributed by atoms with Gasteiger partial charge >= 0.3 is 0 Å². The van der Waals surface area contributed by atoms with Gasteiger partial charge in [0.2, 0.25) is 17.0 Å². The van der Waals surface area contributed by atoms with Gasteiger partial charge in [0.05, 0.1) is 4.90 Å². The van der Waals surface area contributed by atoms with Crippen LogP contribution in [-0.4, -0.2) is 10.1 Å². The van der Waals surface area contributed by atoms with Crippen LogP contribution >= 0.6 is 0 Å². The molecule has 0 spiro atoms. The summed E-state index contributed by atoms with van der Waals surface area (Å²) in [5, 5.41) is 0. The van der Waals surface area contributed by atoms with Crippen molar-refractivity contribution in [1.82, 2.24) is 5.48 Å². The average molecular weight is 213 g/mol. The van der Waals surface area contributed by atoms with Gasteiger partial charge in [-0.2, -0.15) is 4.28 Å². The minimum Gasteiger partial charge on any atom is -0.273 e. The van der Waals surface area contributed by atoms with Crippen molar-refractivity contribution in [2.24, 2.45) is 0 Å². The minimum absolute atomic E-state index is 0.384. The zero-order valence-electron chi connectivity index (χ0n) is 7.94. The molecule has 0 aliphatic heterocycles. The molecule has 1 amide bonds. The number of amides is 1. The molecule has 1 N–H and O–H groups in total. The van der Waals surface area contributed by atoms with Crippen molar-refractivity contribution in [3.63, 3.8) is 0 Å². The van der Waals surface area contributed by atoms with E-state index in [4.69, 9.17) is 0 Å². The zero-order valence-corrected chi connectivity index (χ0v) is 8.76. The predicted molar refractivity (Wildman–Crippen MR) is 52.5 cm³/mol. The summed E-state index contributed by atoms with van der Waals surface area (Å²) in [4.78, 5) is 11.0. The molecule has 0 aliphatic carbocycles. The van der Waals surface area contributed by atoms with Crippen LogP contribution in [0.25, 0.3) is 0 Å². The van der Waals surface area contributed by atoms with E-state index in [0.29, 0.717) is 4.90 Å². The summed E-state index contributed by atoms with van der Waals surface area (Å²) in [5.41, 5.74) is 3.09. The van der Waals surface area contributed by atoms with Crippen LogP contribution in [0.2, 0.25) is 0 Å². The van der Waals surface area contributed by atoms with Crippen molar-refractivity contribution < 1.29 is 13.3 Å². The van der Waals surface area contributed by atoms with E-state index in [1.165, 1.54) is 6.92 Å². The lowest BCUT2D eigenvalue weighted by molar-refractivity contribution is -0.124. The Hall–Kier alpha value is -1.20. The molecule has 0 heterocycles. The van der Waals surface area contributed by atoms with Crippen LogP contribution in [0.3, 0.4) is 0 Å². The molecule has 1 unspecified atom stereocenters. The van der Waals surface area contributed by atoms with Crippen molar-refractivity contribution in [2.45, 2.75) is 18.7 Å². The molecule has 1 atom stereocenters. The third-order valence-corrected chi connectivity index (χ3v) is 2.37. The molecule has 1 aromatic rings. The predicted octanol–water partition coefficient (Wildman–Crippen LogP) is 1.09. The van der Waals surface area contributed by atoms with E-state index in [9.17, 15) is 9.00 Å². The highest BCUT2D eigenvalue weighted by atomic mass is 32.2. The lowest BCUT2D eigenvalue weighted by atomic mass is 10.2. The fourth-order valence-electron chi connectivity index (χ4n) is 0.794. The van der Waals surface area contributed by atoms with Gasteiger partial charge in [-0.25, -0.2) is 9.69 Å². The van der Waals surface area contributed by atoms with E-state index in [1.54, 1.807) is 12.1 Å². The van der Waals surface area contributed by atoms with Crippen LogP contribution in [0.4, 0.5) is 0 Å². The van der Waals surface area contributed by atoms with Crippen molar-refractivity contribution in [3.8, 4) is 0 Å². The van der Waals surface area contributed by atoms with Gasteiger partial charge in [-0.1, -0.05) is 17.7 Å². The number of hydrogen-bond donors (Lipinski definition) is 1. The SMILES string of the molecule is CC(=O)NOS(=O)c1ccc(C)cc1. The summed E-state index contributed by atoms with van der Waals surface area (Å²) in [6.45, 7) is 3.22. The first-order chi connectivity index (χ1) is 6.59. The Bertz CT molecular complexity index is 348. The number of hydrogen-bond acceptors (Lipinski definition) is 3. The van der Waals surface area contributed by atoms with Crippen molar-refractivity contribution in [1.29, 1.82) is 0 Å². The van der Waals surface area contributed by atoms with Gasteiger partial charge in [0.15, 0.2) is 0 Å². The van der Waals surface area contributed by atoms with Gasteiger partial charge in [-0.05, 0) is 19.1 Å². The molecule has 0 fully saturated rings. The highest BCUT2D eigenvalue weighted by molar-refractivity contribution is 7.80. The molecule has 0 radical (unpaired) electrons. The monoisotopic (exact) mass is 213 g/mol. The Morgan fingerprint density at radius 3 is 2.43 bits per heavy atom. The molecular weight excluding hydrogens is 202 g/mol. The van der Waals surface area contributed by atoms with E-state index in [-0.39, 0.29) is 5.91 Å². The maximum absolute atomic E-state index is 11.3. The van der Waals surface area contributed by atoms with Crippen LogP contribution in [0.15, 0.2) is 29.2 Å². The van der Waals surface area contributed by atoms with E-state index in [0.717, 1.165) is 5.56 Å². The van der Waals surface area contributed by atoms with Crippen LogP contribution in [0.5, 0.6) is 0 Å². The lowest BCUT2D eigenvalue weighted by Crippen LogP contribution is -2.21. The topological polar surface area (TPSA) is 55.4 Å². The largest absolute Gasteiger partial charge is 0.273 e. The number of hydroxylamine groups is 1. The summed E-state index contributed by atoms with van der Waals surface area (Å²) in [7, 11) is 0. The number of nitrogens with one attached hydrogen (secondary N) is 1. The van der Waals surface area contributed by atoms with Gasteiger partial charge in [0.25, 0.3) is 0 Å². The first-order valence-electron chi connectivity index (χ1n) is 4.02. The Morgan fingerprint density at radius 1 is 1.36 bits per heavy atom. The molecule has 76 valence electrons. The summed E-state index contributed by atoms with van der Waals surface area (Å²) < 4.78 is 15.9. The quantitative estimate of drug-likeness (QED) is 0.764. The molecule has 14 heavy (non-hydrogen) atoms. The number of rotatable bonds is 3. The van der Waals surface area contributed by atoms with Crippen LogP contribution < -0.4 is 5.48 Å². The standard InChI is InChI=1S/C9H11NO3S/c1-7-3-5-9(6-4-7)14(12)13-10-8(2)11/h3-6H,1-2H3,(H,10,11). The second-order valence-corrected chi connectivity index (χ2v) is 3.90. The summed E-state index contributed by atoms with van der Waals surface area (Å²) in [5.74, 6) is -0.384. The molecule has 4 nitrogen and oxygen atoms in total. The highest BCUT2D eigenvalue weighted by Crippen LogP contribution is 2.07. The molecule has 1 rings (SSSR count). The highest BCUT2D eigenvalue weighted by Gasteiger charge is 2.04. The fourth-order valence-corrected chi connectivity index (χ4v) is 1.44. The van der Waals surface area contributed by atoms with Gasteiger partial charge in [-0.15, -0.1) is 0 Å². The molecule has 1 aromatic carbocycles. The first-order valence-corrected chi connectivity index (χ1v) is 5.09. The normalized spacial score (nSPS) is 12.1. The second-order valence-electron chi connectivity index (χ2n) is 2.79. The number of benzene rings is 1. The maximum atomic E-state index is 11.3. The average Bonchev–Trinajstić information content (AvgIpc) is 2.15. The van der Waals surface area contributed by atoms with Crippen LogP contribution in [0, 0.1) is 6.92 Å². The molecular formula is C9H11NO3S. The lowest BCUT2D eigenvalue weighted by Gasteiger charge is -2.02. The summed E-state index contributed by atoms with van der Waals surface area (Å²) in [6, 6.07) is 7.02. The van der Waals surface area contributed by atoms with E-state index in [2.05, 4.69) is 4.28 Å². The van der Waals surface area contributed by atoms with Crippen molar-refractivity contribution >= 4 is 17.0 Å². The van der Waals surface area contributed by atoms with Gasteiger partial charge < -0.3 is 0 Å². The van der Waals surface area contributed by atoms with Gasteiger partial charge in [0, 0.05) is 6.92 Å². The minimum atomic E-state index is -1.64. The van der Waals surface area contributed by atoms with E-state index >= 15 is 0 Å². The smallest absolute Gasteiger partial charge is 0.241 e. The molecule has 0 aromatic heterocycles. The number of aryl methyl sites for hydroxylation is 1. The van der Waals surface area contributed by atoms with Crippen molar-refractivity contribution in [3.05, 3.63) is 29.8 Å². The van der Waals surface area contributed by atoms with Crippen molar-refractivity contribution in [2.75, 3.05) is 0 Å². The molecule has 5 heteroatoms. The Morgan fingerprint density at radius 2 is 1.93 bits per heavy atom. The molecule has 0 aliphatic rings. The second kappa shape index (κ2) is 4.88. The Balaban J connectivity index is 2.61. The molecule has 0 saturated carbocycles. The van der Waals surface area contributed by atoms with E-state index in [1.807, 2.05) is 24.5 Å².